The van der Waals surface area contributed by atoms with E-state index < -0.39 is 11.6 Å². The van der Waals surface area contributed by atoms with Crippen molar-refractivity contribution in [2.45, 2.75) is 6.54 Å². The second-order valence-corrected chi connectivity index (χ2v) is 3.46. The first kappa shape index (κ1) is 10.6. The first-order chi connectivity index (χ1) is 7.65. The van der Waals surface area contributed by atoms with Gasteiger partial charge in [0.25, 0.3) is 0 Å². The molecular formula is C11H11F2N3. The van der Waals surface area contributed by atoms with Gasteiger partial charge in [-0.3, -0.25) is 4.68 Å². The summed E-state index contributed by atoms with van der Waals surface area (Å²) < 4.78 is 27.7. The number of anilines is 1. The fraction of sp³-hybridized carbons (Fsp3) is 0.182. The maximum Gasteiger partial charge on any atom is 0.148 e. The first-order valence-corrected chi connectivity index (χ1v) is 4.82. The van der Waals surface area contributed by atoms with Crippen LogP contribution in [-0.2, 0) is 13.6 Å². The van der Waals surface area contributed by atoms with E-state index in [0.717, 1.165) is 12.1 Å². The van der Waals surface area contributed by atoms with E-state index in [9.17, 15) is 8.78 Å². The Balaban J connectivity index is 2.07. The van der Waals surface area contributed by atoms with E-state index in [4.69, 9.17) is 0 Å². The molecule has 2 rings (SSSR count). The third-order valence-electron chi connectivity index (χ3n) is 2.18. The van der Waals surface area contributed by atoms with Crippen molar-refractivity contribution in [3.63, 3.8) is 0 Å². The third-order valence-corrected chi connectivity index (χ3v) is 2.18. The van der Waals surface area contributed by atoms with Gasteiger partial charge in [-0.25, -0.2) is 8.78 Å². The fourth-order valence-electron chi connectivity index (χ4n) is 1.37. The normalized spacial score (nSPS) is 10.4. The monoisotopic (exact) mass is 223 g/mol. The average molecular weight is 223 g/mol. The Bertz CT molecular complexity index is 494. The molecule has 0 radical (unpaired) electrons. The molecule has 0 unspecified atom stereocenters. The molecule has 0 fully saturated rings. The molecule has 0 spiro atoms. The summed E-state index contributed by atoms with van der Waals surface area (Å²) in [5.41, 5.74) is 0.283. The Labute approximate surface area is 91.7 Å². The average Bonchev–Trinajstić information content (AvgIpc) is 2.66. The highest BCUT2D eigenvalue weighted by molar-refractivity contribution is 5.34. The summed E-state index contributed by atoms with van der Waals surface area (Å²) >= 11 is 0. The Morgan fingerprint density at radius 3 is 2.81 bits per heavy atom. The molecule has 1 aromatic carbocycles. The largest absolute Gasteiger partial charge is 0.364 e. The van der Waals surface area contributed by atoms with Crippen LogP contribution < -0.4 is 5.32 Å². The summed E-state index contributed by atoms with van der Waals surface area (Å²) in [6.45, 7) is 0.209. The van der Waals surface area contributed by atoms with Crippen molar-refractivity contribution in [2.75, 3.05) is 5.32 Å². The summed E-state index contributed by atoms with van der Waals surface area (Å²) in [7, 11) is 1.79. The second kappa shape index (κ2) is 4.30. The van der Waals surface area contributed by atoms with Gasteiger partial charge in [-0.1, -0.05) is 0 Å². The molecular weight excluding hydrogens is 212 g/mol. The zero-order chi connectivity index (χ0) is 11.5. The van der Waals surface area contributed by atoms with Crippen molar-refractivity contribution in [1.29, 1.82) is 0 Å². The van der Waals surface area contributed by atoms with Crippen LogP contribution in [0.2, 0.25) is 0 Å². The van der Waals surface area contributed by atoms with Gasteiger partial charge in [0.1, 0.15) is 17.5 Å². The van der Waals surface area contributed by atoms with E-state index in [1.54, 1.807) is 24.0 Å². The molecule has 1 N–H and O–H groups in total. The number of rotatable bonds is 3. The Hall–Kier alpha value is -1.91. The molecule has 0 saturated heterocycles. The van der Waals surface area contributed by atoms with Gasteiger partial charge in [0, 0.05) is 31.4 Å². The lowest BCUT2D eigenvalue weighted by molar-refractivity contribution is 0.587. The molecule has 16 heavy (non-hydrogen) atoms. The molecule has 0 amide bonds. The summed E-state index contributed by atoms with van der Waals surface area (Å²) in [5, 5.41) is 6.98. The fourth-order valence-corrected chi connectivity index (χ4v) is 1.37. The standard InChI is InChI=1S/C11H11F2N3/c1-16-5-4-11(15-16)14-7-8-6-9(12)2-3-10(8)13/h2-6H,7H2,1H3,(H,14,15). The maximum absolute atomic E-state index is 13.2. The van der Waals surface area contributed by atoms with Gasteiger partial charge in [0.2, 0.25) is 0 Å². The molecule has 0 atom stereocenters. The van der Waals surface area contributed by atoms with Crippen LogP contribution in [0.1, 0.15) is 5.56 Å². The molecule has 3 nitrogen and oxygen atoms in total. The number of nitrogens with one attached hydrogen (secondary N) is 1. The molecule has 0 saturated carbocycles. The van der Waals surface area contributed by atoms with E-state index in [0.29, 0.717) is 5.82 Å². The van der Waals surface area contributed by atoms with Crippen molar-refractivity contribution in [3.8, 4) is 0 Å². The number of halogens is 2. The molecule has 0 bridgehead atoms. The van der Waals surface area contributed by atoms with Gasteiger partial charge >= 0.3 is 0 Å². The molecule has 2 aromatic rings. The van der Waals surface area contributed by atoms with Crippen molar-refractivity contribution in [3.05, 3.63) is 47.7 Å². The summed E-state index contributed by atoms with van der Waals surface area (Å²) in [6, 6.07) is 5.15. The number of hydrogen-bond acceptors (Lipinski definition) is 2. The van der Waals surface area contributed by atoms with E-state index in [2.05, 4.69) is 10.4 Å². The highest BCUT2D eigenvalue weighted by Gasteiger charge is 2.04. The minimum Gasteiger partial charge on any atom is -0.364 e. The predicted molar refractivity (Wildman–Crippen MR) is 56.9 cm³/mol. The van der Waals surface area contributed by atoms with Crippen LogP contribution in [0.4, 0.5) is 14.6 Å². The first-order valence-electron chi connectivity index (χ1n) is 4.82. The molecule has 0 aliphatic carbocycles. The van der Waals surface area contributed by atoms with Gasteiger partial charge in [-0.15, -0.1) is 0 Å². The van der Waals surface area contributed by atoms with Crippen LogP contribution in [0.15, 0.2) is 30.5 Å². The molecule has 0 aliphatic rings. The summed E-state index contributed by atoms with van der Waals surface area (Å²) in [5.74, 6) is -0.241. The molecule has 84 valence electrons. The minimum atomic E-state index is -0.445. The Morgan fingerprint density at radius 2 is 2.12 bits per heavy atom. The van der Waals surface area contributed by atoms with Crippen molar-refractivity contribution < 1.29 is 8.78 Å². The molecule has 1 aromatic heterocycles. The van der Waals surface area contributed by atoms with Gasteiger partial charge < -0.3 is 5.32 Å². The molecule has 5 heteroatoms. The number of aromatic nitrogens is 2. The summed E-state index contributed by atoms with van der Waals surface area (Å²) in [6.07, 6.45) is 1.77. The minimum absolute atomic E-state index is 0.209. The van der Waals surface area contributed by atoms with Crippen LogP contribution >= 0.6 is 0 Å². The summed E-state index contributed by atoms with van der Waals surface area (Å²) in [4.78, 5) is 0. The van der Waals surface area contributed by atoms with Crippen molar-refractivity contribution in [2.24, 2.45) is 7.05 Å². The van der Waals surface area contributed by atoms with Gasteiger partial charge in [-0.2, -0.15) is 5.10 Å². The third kappa shape index (κ3) is 2.36. The zero-order valence-electron chi connectivity index (χ0n) is 8.74. The lowest BCUT2D eigenvalue weighted by atomic mass is 10.2. The number of benzene rings is 1. The lowest BCUT2D eigenvalue weighted by Gasteiger charge is -2.04. The van der Waals surface area contributed by atoms with Crippen molar-refractivity contribution in [1.82, 2.24) is 9.78 Å². The van der Waals surface area contributed by atoms with E-state index in [1.165, 1.54) is 6.07 Å². The van der Waals surface area contributed by atoms with Crippen LogP contribution in [-0.4, -0.2) is 9.78 Å². The van der Waals surface area contributed by atoms with Crippen LogP contribution in [0.3, 0.4) is 0 Å². The van der Waals surface area contributed by atoms with Crippen LogP contribution in [0.25, 0.3) is 0 Å². The quantitative estimate of drug-likeness (QED) is 0.865. The van der Waals surface area contributed by atoms with E-state index in [-0.39, 0.29) is 12.1 Å². The van der Waals surface area contributed by atoms with Crippen LogP contribution in [0, 0.1) is 11.6 Å². The van der Waals surface area contributed by atoms with Gasteiger partial charge in [-0.05, 0) is 18.2 Å². The zero-order valence-corrected chi connectivity index (χ0v) is 8.74. The van der Waals surface area contributed by atoms with Gasteiger partial charge in [0.15, 0.2) is 0 Å². The highest BCUT2D eigenvalue weighted by Crippen LogP contribution is 2.11. The molecule has 0 aliphatic heterocycles. The topological polar surface area (TPSA) is 29.9 Å². The lowest BCUT2D eigenvalue weighted by Crippen LogP contribution is -2.03. The maximum atomic E-state index is 13.2. The number of hydrogen-bond donors (Lipinski definition) is 1. The number of nitrogens with zero attached hydrogens (tertiary/aromatic N) is 2. The van der Waals surface area contributed by atoms with E-state index in [1.807, 2.05) is 0 Å². The Morgan fingerprint density at radius 1 is 1.31 bits per heavy atom. The van der Waals surface area contributed by atoms with Crippen LogP contribution in [0.5, 0.6) is 0 Å². The Kier molecular flexibility index (Phi) is 2.85. The number of aryl methyl sites for hydroxylation is 1. The molecule has 1 heterocycles. The predicted octanol–water partition coefficient (Wildman–Crippen LogP) is 2.31. The van der Waals surface area contributed by atoms with Crippen molar-refractivity contribution >= 4 is 5.82 Å². The SMILES string of the molecule is Cn1ccc(NCc2cc(F)ccc2F)n1. The van der Waals surface area contributed by atoms with E-state index >= 15 is 0 Å². The highest BCUT2D eigenvalue weighted by atomic mass is 19.1. The van der Waals surface area contributed by atoms with Gasteiger partial charge in [0.05, 0.1) is 0 Å². The second-order valence-electron chi connectivity index (χ2n) is 3.46. The smallest absolute Gasteiger partial charge is 0.148 e.